The lowest BCUT2D eigenvalue weighted by Gasteiger charge is -2.51. The van der Waals surface area contributed by atoms with E-state index in [0.29, 0.717) is 13.1 Å². The highest BCUT2D eigenvalue weighted by Crippen LogP contribution is 2.44. The molecule has 2 amide bonds. The van der Waals surface area contributed by atoms with Gasteiger partial charge in [0.1, 0.15) is 5.01 Å². The minimum absolute atomic E-state index is 0.157. The van der Waals surface area contributed by atoms with Crippen LogP contribution in [0.25, 0.3) is 0 Å². The van der Waals surface area contributed by atoms with E-state index in [9.17, 15) is 9.59 Å². The monoisotopic (exact) mass is 388 g/mol. The topological polar surface area (TPSA) is 79.5 Å². The van der Waals surface area contributed by atoms with Gasteiger partial charge in [-0.1, -0.05) is 5.16 Å². The lowest BCUT2D eigenvalue weighted by Crippen LogP contribution is -2.61. The molecule has 144 valence electrons. The van der Waals surface area contributed by atoms with Gasteiger partial charge in [-0.2, -0.15) is 0 Å². The molecule has 4 heterocycles. The summed E-state index contributed by atoms with van der Waals surface area (Å²) in [4.78, 5) is 34.6. The number of hydrogen-bond donors (Lipinski definition) is 0. The van der Waals surface area contributed by atoms with Gasteiger partial charge in [-0.15, -0.1) is 11.3 Å². The fourth-order valence-corrected chi connectivity index (χ4v) is 5.31. The molecule has 0 N–H and O–H groups in total. The van der Waals surface area contributed by atoms with Crippen molar-refractivity contribution in [1.29, 1.82) is 0 Å². The highest BCUT2D eigenvalue weighted by molar-refractivity contribution is 7.09. The maximum absolute atomic E-state index is 13.5. The standard InChI is InChI=1S/C19H24N4O3S/c1-13-12-27-16(21-13)11-22-9-3-6-19(18(22)25)7-4-10-23(14(19)2)17(24)15-5-8-20-26-15/h5,8,12,14H,3-4,6-7,9-11H2,1-2H3/t14-,19+/m1/s1. The van der Waals surface area contributed by atoms with E-state index in [2.05, 4.69) is 10.1 Å². The minimum atomic E-state index is -0.515. The summed E-state index contributed by atoms with van der Waals surface area (Å²) in [7, 11) is 0. The van der Waals surface area contributed by atoms with E-state index in [1.807, 2.05) is 24.1 Å². The molecule has 2 aromatic rings. The Kier molecular flexibility index (Phi) is 4.75. The van der Waals surface area contributed by atoms with Crippen molar-refractivity contribution in [2.75, 3.05) is 13.1 Å². The quantitative estimate of drug-likeness (QED) is 0.808. The van der Waals surface area contributed by atoms with Crippen molar-refractivity contribution in [3.05, 3.63) is 34.1 Å². The molecule has 0 unspecified atom stereocenters. The van der Waals surface area contributed by atoms with Crippen LogP contribution in [0.2, 0.25) is 0 Å². The molecule has 2 fully saturated rings. The Hall–Kier alpha value is -2.22. The predicted molar refractivity (Wildman–Crippen MR) is 100 cm³/mol. The average molecular weight is 388 g/mol. The zero-order chi connectivity index (χ0) is 19.0. The van der Waals surface area contributed by atoms with Crippen LogP contribution in [0.5, 0.6) is 0 Å². The van der Waals surface area contributed by atoms with E-state index in [0.717, 1.165) is 42.9 Å². The summed E-state index contributed by atoms with van der Waals surface area (Å²) in [6, 6.07) is 1.41. The zero-order valence-corrected chi connectivity index (χ0v) is 16.5. The van der Waals surface area contributed by atoms with Crippen LogP contribution in [-0.2, 0) is 11.3 Å². The summed E-state index contributed by atoms with van der Waals surface area (Å²) in [5.74, 6) is 0.209. The lowest BCUT2D eigenvalue weighted by atomic mass is 9.67. The van der Waals surface area contributed by atoms with Gasteiger partial charge >= 0.3 is 0 Å². The highest BCUT2D eigenvalue weighted by Gasteiger charge is 2.52. The number of thiazole rings is 1. The third-order valence-electron chi connectivity index (χ3n) is 5.96. The van der Waals surface area contributed by atoms with Gasteiger partial charge in [0, 0.05) is 36.3 Å². The van der Waals surface area contributed by atoms with Crippen LogP contribution in [0.15, 0.2) is 22.2 Å². The van der Waals surface area contributed by atoms with E-state index in [-0.39, 0.29) is 23.6 Å². The van der Waals surface area contributed by atoms with Gasteiger partial charge in [0.25, 0.3) is 5.91 Å². The fraction of sp³-hybridized carbons (Fsp3) is 0.579. The number of aromatic nitrogens is 2. The second-order valence-electron chi connectivity index (χ2n) is 7.52. The molecule has 0 aliphatic carbocycles. The Morgan fingerprint density at radius 2 is 2.15 bits per heavy atom. The Balaban J connectivity index is 1.56. The van der Waals surface area contributed by atoms with Gasteiger partial charge in [0.15, 0.2) is 0 Å². The molecule has 4 rings (SSSR count). The van der Waals surface area contributed by atoms with Crippen LogP contribution in [0.1, 0.15) is 53.9 Å². The summed E-state index contributed by atoms with van der Waals surface area (Å²) in [6.45, 7) is 5.92. The molecule has 0 radical (unpaired) electrons. The molecular formula is C19H24N4O3S. The molecule has 2 aliphatic heterocycles. The molecule has 2 aliphatic rings. The number of likely N-dealkylation sites (tertiary alicyclic amines) is 2. The third kappa shape index (κ3) is 3.16. The predicted octanol–water partition coefficient (Wildman–Crippen LogP) is 2.87. The normalized spacial score (nSPS) is 26.0. The summed E-state index contributed by atoms with van der Waals surface area (Å²) >= 11 is 1.60. The molecular weight excluding hydrogens is 364 g/mol. The molecule has 7 nitrogen and oxygen atoms in total. The van der Waals surface area contributed by atoms with Gasteiger partial charge in [-0.3, -0.25) is 9.59 Å². The number of rotatable bonds is 3. The largest absolute Gasteiger partial charge is 0.351 e. The maximum Gasteiger partial charge on any atom is 0.292 e. The molecule has 0 saturated carbocycles. The van der Waals surface area contributed by atoms with Gasteiger partial charge in [0.2, 0.25) is 11.7 Å². The second kappa shape index (κ2) is 7.07. The van der Waals surface area contributed by atoms with E-state index in [1.165, 1.54) is 6.20 Å². The summed E-state index contributed by atoms with van der Waals surface area (Å²) in [6.07, 6.45) is 4.88. The first-order valence-corrected chi connectivity index (χ1v) is 10.3. The van der Waals surface area contributed by atoms with Crippen molar-refractivity contribution in [2.45, 2.75) is 52.1 Å². The Labute approximate surface area is 162 Å². The van der Waals surface area contributed by atoms with Crippen molar-refractivity contribution in [3.8, 4) is 0 Å². The van der Waals surface area contributed by atoms with Crippen LogP contribution >= 0.6 is 11.3 Å². The molecule has 1 spiro atoms. The fourth-order valence-electron chi connectivity index (χ4n) is 4.53. The van der Waals surface area contributed by atoms with Crippen LogP contribution in [0, 0.1) is 12.3 Å². The number of aryl methyl sites for hydroxylation is 1. The minimum Gasteiger partial charge on any atom is -0.351 e. The molecule has 2 saturated heterocycles. The van der Waals surface area contributed by atoms with Crippen LogP contribution in [0.4, 0.5) is 0 Å². The highest BCUT2D eigenvalue weighted by atomic mass is 32.1. The molecule has 2 atom stereocenters. The number of hydrogen-bond acceptors (Lipinski definition) is 6. The molecule has 27 heavy (non-hydrogen) atoms. The van der Waals surface area contributed by atoms with Crippen molar-refractivity contribution < 1.29 is 14.1 Å². The van der Waals surface area contributed by atoms with E-state index in [4.69, 9.17) is 4.52 Å². The van der Waals surface area contributed by atoms with Gasteiger partial charge in [-0.25, -0.2) is 4.98 Å². The van der Waals surface area contributed by atoms with Gasteiger partial charge in [-0.05, 0) is 39.5 Å². The van der Waals surface area contributed by atoms with Crippen molar-refractivity contribution in [3.63, 3.8) is 0 Å². The third-order valence-corrected chi connectivity index (χ3v) is 6.91. The first-order valence-electron chi connectivity index (χ1n) is 9.43. The first kappa shape index (κ1) is 18.2. The Bertz CT molecular complexity index is 830. The van der Waals surface area contributed by atoms with E-state index >= 15 is 0 Å². The molecule has 0 bridgehead atoms. The zero-order valence-electron chi connectivity index (χ0n) is 15.7. The second-order valence-corrected chi connectivity index (χ2v) is 8.47. The van der Waals surface area contributed by atoms with Gasteiger partial charge < -0.3 is 14.3 Å². The average Bonchev–Trinajstić information content (AvgIpc) is 3.32. The number of amides is 2. The van der Waals surface area contributed by atoms with Crippen LogP contribution in [0.3, 0.4) is 0 Å². The summed E-state index contributed by atoms with van der Waals surface area (Å²) in [5.41, 5.74) is 0.474. The first-order chi connectivity index (χ1) is 13.0. The SMILES string of the molecule is Cc1csc(CN2CCC[C@@]3(CCCN(C(=O)c4ccno4)[C@@H]3C)C2=O)n1. The Morgan fingerprint density at radius 3 is 2.81 bits per heavy atom. The van der Waals surface area contributed by atoms with Crippen molar-refractivity contribution >= 4 is 23.2 Å². The number of piperidine rings is 2. The Morgan fingerprint density at radius 1 is 1.37 bits per heavy atom. The van der Waals surface area contributed by atoms with E-state index < -0.39 is 5.41 Å². The summed E-state index contributed by atoms with van der Waals surface area (Å²) in [5, 5.41) is 6.62. The van der Waals surface area contributed by atoms with Crippen LogP contribution < -0.4 is 0 Å². The number of carbonyl (C=O) groups is 2. The maximum atomic E-state index is 13.5. The van der Waals surface area contributed by atoms with Gasteiger partial charge in [0.05, 0.1) is 18.2 Å². The number of carbonyl (C=O) groups excluding carboxylic acids is 2. The van der Waals surface area contributed by atoms with Crippen molar-refractivity contribution in [1.82, 2.24) is 19.9 Å². The van der Waals surface area contributed by atoms with E-state index in [1.54, 1.807) is 22.3 Å². The molecule has 8 heteroatoms. The molecule has 2 aromatic heterocycles. The van der Waals surface area contributed by atoms with Crippen molar-refractivity contribution in [2.24, 2.45) is 5.41 Å². The summed E-state index contributed by atoms with van der Waals surface area (Å²) < 4.78 is 5.06. The smallest absolute Gasteiger partial charge is 0.292 e. The van der Waals surface area contributed by atoms with Crippen LogP contribution in [-0.4, -0.2) is 50.9 Å². The lowest BCUT2D eigenvalue weighted by molar-refractivity contribution is -0.154. The number of nitrogens with zero attached hydrogens (tertiary/aromatic N) is 4. The molecule has 0 aromatic carbocycles.